The van der Waals surface area contributed by atoms with E-state index in [1.165, 1.54) is 11.3 Å². The van der Waals surface area contributed by atoms with E-state index in [0.717, 1.165) is 5.13 Å². The second kappa shape index (κ2) is 6.40. The molecule has 0 radical (unpaired) electrons. The number of ether oxygens (including phenoxy) is 1. The Bertz CT molecular complexity index is 983. The summed E-state index contributed by atoms with van der Waals surface area (Å²) in [5.41, 5.74) is 1.14. The fourth-order valence-corrected chi connectivity index (χ4v) is 3.19. The Morgan fingerprint density at radius 1 is 1.28 bits per heavy atom. The first-order valence-corrected chi connectivity index (χ1v) is 8.30. The van der Waals surface area contributed by atoms with Crippen molar-refractivity contribution in [3.8, 4) is 16.7 Å². The topological polar surface area (TPSA) is 83.3 Å². The molecule has 0 aliphatic carbocycles. The fraction of sp³-hybridized carbons (Fsp3) is 0.118. The molecule has 0 amide bonds. The molecule has 0 aromatic carbocycles. The average Bonchev–Trinajstić information content (AvgIpc) is 3.38. The van der Waals surface area contributed by atoms with Gasteiger partial charge in [0.25, 0.3) is 0 Å². The minimum absolute atomic E-state index is 0.0131. The van der Waals surface area contributed by atoms with E-state index in [-0.39, 0.29) is 6.61 Å². The first-order valence-electron chi connectivity index (χ1n) is 7.48. The average molecular weight is 355 g/mol. The normalized spacial score (nSPS) is 10.9. The lowest BCUT2D eigenvalue weighted by Crippen LogP contribution is -2.05. The van der Waals surface area contributed by atoms with Gasteiger partial charge in [-0.05, 0) is 31.2 Å². The van der Waals surface area contributed by atoms with Gasteiger partial charge in [-0.15, -0.1) is 0 Å². The predicted octanol–water partition coefficient (Wildman–Crippen LogP) is 3.85. The molecule has 7 nitrogen and oxygen atoms in total. The molecule has 126 valence electrons. The van der Waals surface area contributed by atoms with Crippen molar-refractivity contribution in [2.24, 2.45) is 0 Å². The Hall–Kier alpha value is -3.13. The fourth-order valence-electron chi connectivity index (χ4n) is 2.26. The van der Waals surface area contributed by atoms with E-state index in [9.17, 15) is 4.79 Å². The van der Waals surface area contributed by atoms with Crippen LogP contribution >= 0.6 is 11.3 Å². The zero-order chi connectivity index (χ0) is 17.2. The van der Waals surface area contributed by atoms with Gasteiger partial charge in [0, 0.05) is 18.5 Å². The molecule has 4 rings (SSSR count). The Kier molecular flexibility index (Phi) is 3.95. The van der Waals surface area contributed by atoms with Gasteiger partial charge in [0.1, 0.15) is 17.2 Å². The number of esters is 1. The lowest BCUT2D eigenvalue weighted by molar-refractivity contribution is 0.0469. The van der Waals surface area contributed by atoms with Crippen molar-refractivity contribution in [3.63, 3.8) is 0 Å². The van der Waals surface area contributed by atoms with Crippen LogP contribution in [0.25, 0.3) is 16.7 Å². The number of rotatable bonds is 5. The van der Waals surface area contributed by atoms with Crippen molar-refractivity contribution >= 4 is 17.3 Å². The molecular formula is C17H13N3O4S. The monoisotopic (exact) mass is 355 g/mol. The predicted molar refractivity (Wildman–Crippen MR) is 89.5 cm³/mol. The van der Waals surface area contributed by atoms with E-state index in [1.807, 2.05) is 29.1 Å². The number of aromatic nitrogens is 3. The quantitative estimate of drug-likeness (QED) is 0.506. The maximum atomic E-state index is 12.3. The summed E-state index contributed by atoms with van der Waals surface area (Å²) in [7, 11) is 0. The highest BCUT2D eigenvalue weighted by Crippen LogP contribution is 2.24. The summed E-state index contributed by atoms with van der Waals surface area (Å²) in [5.74, 6) is 0.621. The standard InChI is InChI=1S/C17H13N3O4S/c1-11-15(25-17(18-11)20-6-2-3-7-20)16(21)23-10-12-9-14(24-19-12)13-5-4-8-22-13/h2-9H,10H2,1H3. The van der Waals surface area contributed by atoms with Crippen LogP contribution in [0.1, 0.15) is 21.1 Å². The summed E-state index contributed by atoms with van der Waals surface area (Å²) in [6.45, 7) is 1.80. The van der Waals surface area contributed by atoms with Crippen LogP contribution in [-0.2, 0) is 11.3 Å². The zero-order valence-corrected chi connectivity index (χ0v) is 14.0. The van der Waals surface area contributed by atoms with Crippen molar-refractivity contribution in [3.05, 3.63) is 65.3 Å². The number of hydrogen-bond donors (Lipinski definition) is 0. The highest BCUT2D eigenvalue weighted by Gasteiger charge is 2.18. The Balaban J connectivity index is 1.44. The van der Waals surface area contributed by atoms with Crippen LogP contribution in [-0.4, -0.2) is 20.7 Å². The van der Waals surface area contributed by atoms with Crippen molar-refractivity contribution < 1.29 is 18.5 Å². The third kappa shape index (κ3) is 3.11. The van der Waals surface area contributed by atoms with Gasteiger partial charge in [-0.1, -0.05) is 16.5 Å². The number of carbonyl (C=O) groups excluding carboxylic acids is 1. The van der Waals surface area contributed by atoms with Gasteiger partial charge in [-0.25, -0.2) is 9.78 Å². The van der Waals surface area contributed by atoms with Crippen molar-refractivity contribution in [2.45, 2.75) is 13.5 Å². The van der Waals surface area contributed by atoms with E-state index in [0.29, 0.717) is 27.8 Å². The Morgan fingerprint density at radius 3 is 2.88 bits per heavy atom. The van der Waals surface area contributed by atoms with Crippen LogP contribution in [0.2, 0.25) is 0 Å². The number of aryl methyl sites for hydroxylation is 1. The molecule has 4 aromatic rings. The summed E-state index contributed by atoms with van der Waals surface area (Å²) in [6.07, 6.45) is 5.30. The van der Waals surface area contributed by atoms with Gasteiger partial charge in [0.15, 0.2) is 10.9 Å². The maximum absolute atomic E-state index is 12.3. The second-order valence-corrected chi connectivity index (χ2v) is 6.21. The molecule has 4 heterocycles. The maximum Gasteiger partial charge on any atom is 0.350 e. The molecule has 0 aliphatic heterocycles. The molecule has 0 aliphatic rings. The van der Waals surface area contributed by atoms with Gasteiger partial charge >= 0.3 is 5.97 Å². The molecular weight excluding hydrogens is 342 g/mol. The summed E-state index contributed by atoms with van der Waals surface area (Å²) in [4.78, 5) is 17.2. The van der Waals surface area contributed by atoms with E-state index < -0.39 is 5.97 Å². The number of carbonyl (C=O) groups is 1. The van der Waals surface area contributed by atoms with Crippen LogP contribution in [0.3, 0.4) is 0 Å². The Morgan fingerprint density at radius 2 is 2.12 bits per heavy atom. The van der Waals surface area contributed by atoms with E-state index in [4.69, 9.17) is 13.7 Å². The minimum Gasteiger partial charge on any atom is -0.461 e. The molecule has 0 fully saturated rings. The highest BCUT2D eigenvalue weighted by molar-refractivity contribution is 7.16. The molecule has 0 saturated carbocycles. The second-order valence-electron chi connectivity index (χ2n) is 5.24. The summed E-state index contributed by atoms with van der Waals surface area (Å²) in [5, 5.41) is 4.60. The number of nitrogens with zero attached hydrogens (tertiary/aromatic N) is 3. The van der Waals surface area contributed by atoms with Crippen LogP contribution in [0, 0.1) is 6.92 Å². The van der Waals surface area contributed by atoms with Crippen LogP contribution in [0.5, 0.6) is 0 Å². The van der Waals surface area contributed by atoms with Gasteiger partial charge < -0.3 is 18.2 Å². The molecule has 0 unspecified atom stereocenters. The minimum atomic E-state index is -0.434. The smallest absolute Gasteiger partial charge is 0.350 e. The number of furan rings is 1. The molecule has 25 heavy (non-hydrogen) atoms. The number of thiazole rings is 1. The molecule has 8 heteroatoms. The van der Waals surface area contributed by atoms with E-state index >= 15 is 0 Å². The third-order valence-electron chi connectivity index (χ3n) is 3.47. The number of hydrogen-bond acceptors (Lipinski definition) is 7. The van der Waals surface area contributed by atoms with Crippen molar-refractivity contribution in [2.75, 3.05) is 0 Å². The van der Waals surface area contributed by atoms with Gasteiger partial charge in [0.2, 0.25) is 5.76 Å². The summed E-state index contributed by atoms with van der Waals surface area (Å²) >= 11 is 1.28. The molecule has 0 N–H and O–H groups in total. The first-order chi connectivity index (χ1) is 12.2. The molecule has 0 bridgehead atoms. The molecule has 0 atom stereocenters. The SMILES string of the molecule is Cc1nc(-n2cccc2)sc1C(=O)OCc1cc(-c2ccco2)on1. The molecule has 0 saturated heterocycles. The van der Waals surface area contributed by atoms with Gasteiger partial charge in [-0.3, -0.25) is 0 Å². The highest BCUT2D eigenvalue weighted by atomic mass is 32.1. The van der Waals surface area contributed by atoms with E-state index in [1.54, 1.807) is 31.4 Å². The molecule has 4 aromatic heterocycles. The van der Waals surface area contributed by atoms with Gasteiger partial charge in [0.05, 0.1) is 12.0 Å². The lowest BCUT2D eigenvalue weighted by Gasteiger charge is -2.00. The molecule has 0 spiro atoms. The summed E-state index contributed by atoms with van der Waals surface area (Å²) < 4.78 is 17.6. The van der Waals surface area contributed by atoms with Gasteiger partial charge in [-0.2, -0.15) is 0 Å². The lowest BCUT2D eigenvalue weighted by atomic mass is 10.3. The van der Waals surface area contributed by atoms with Crippen molar-refractivity contribution in [1.29, 1.82) is 0 Å². The largest absolute Gasteiger partial charge is 0.461 e. The van der Waals surface area contributed by atoms with Crippen molar-refractivity contribution in [1.82, 2.24) is 14.7 Å². The van der Waals surface area contributed by atoms with Crippen LogP contribution in [0.15, 0.2) is 57.9 Å². The zero-order valence-electron chi connectivity index (χ0n) is 13.2. The van der Waals surface area contributed by atoms with Crippen LogP contribution in [0.4, 0.5) is 0 Å². The Labute approximate surface area is 146 Å². The summed E-state index contributed by atoms with van der Waals surface area (Å²) in [6, 6.07) is 8.99. The van der Waals surface area contributed by atoms with E-state index in [2.05, 4.69) is 10.1 Å². The van der Waals surface area contributed by atoms with Crippen LogP contribution < -0.4 is 0 Å². The first kappa shape index (κ1) is 15.4. The third-order valence-corrected chi connectivity index (χ3v) is 4.62.